The van der Waals surface area contributed by atoms with E-state index < -0.39 is 241 Å². The number of halogens is 28. The van der Waals surface area contributed by atoms with Crippen molar-refractivity contribution in [1.82, 2.24) is 0 Å². The van der Waals surface area contributed by atoms with Gasteiger partial charge in [-0.15, -0.1) is 30.6 Å². The smallest absolute Gasteiger partial charge is 0.237 e. The second-order valence-corrected chi connectivity index (χ2v) is 21.0. The summed E-state index contributed by atoms with van der Waals surface area (Å²) in [5.41, 5.74) is -10.4. The fourth-order valence-electron chi connectivity index (χ4n) is 11.6. The molecule has 9 aromatic rings. The molecule has 0 fully saturated rings. The third kappa shape index (κ3) is 12.0. The van der Waals surface area contributed by atoms with Gasteiger partial charge in [-0.2, -0.15) is 13.2 Å². The Morgan fingerprint density at radius 1 is 0.352 bits per heavy atom. The highest BCUT2D eigenvalue weighted by Gasteiger charge is 2.53. The molecular formula is C61H38BF28N. The highest BCUT2D eigenvalue weighted by Crippen LogP contribution is 2.39. The first-order valence-corrected chi connectivity index (χ1v) is 27.0. The second-order valence-electron chi connectivity index (χ2n) is 21.0. The van der Waals surface area contributed by atoms with Crippen molar-refractivity contribution in [2.24, 2.45) is 0 Å². The van der Waals surface area contributed by atoms with Crippen molar-refractivity contribution in [3.63, 3.8) is 0 Å². The van der Waals surface area contributed by atoms with Crippen LogP contribution in [0.25, 0.3) is 43.1 Å². The van der Waals surface area contributed by atoms with E-state index in [2.05, 4.69) is 0 Å². The molecule has 0 saturated carbocycles. The van der Waals surface area contributed by atoms with E-state index in [1.807, 2.05) is 6.92 Å². The molecule has 0 aliphatic rings. The standard InChI is InChI=1S/C40H8BF20.C21H29F8N/c42-13-5-1-9-17(25(13)46)29(50)37(58)33(54)21(9)41(22-10-2-6-14(43)26(47)18(10)30(51)38(59)34(22)55,23-11-3-7-15(44)27(48)19(11)31(52)39(60)35(23)56)24-12-4-8-16(45)28(49)20(12)32(53)40(61)36(24)57;1-2-3-4-9-14-30(18-15-16(22)11-12-17(18)23)21(28,29)19(24)10-7-5-6-8-13-20(25,26)27/h1-8H;11-12,15,19H,2-10,13-14H2,1H3/q-1;/p+1. The van der Waals surface area contributed by atoms with Crippen molar-refractivity contribution < 1.29 is 128 Å². The van der Waals surface area contributed by atoms with Crippen molar-refractivity contribution in [1.29, 1.82) is 0 Å². The predicted molar refractivity (Wildman–Crippen MR) is 279 cm³/mol. The summed E-state index contributed by atoms with van der Waals surface area (Å²) < 4.78 is 426. The minimum absolute atomic E-state index is 0.0106. The van der Waals surface area contributed by atoms with E-state index in [0.717, 1.165) is 25.0 Å². The van der Waals surface area contributed by atoms with Crippen molar-refractivity contribution >= 4 is 76.8 Å². The van der Waals surface area contributed by atoms with Crippen LogP contribution in [0.2, 0.25) is 0 Å². The maximum atomic E-state index is 17.3. The Kier molecular flexibility index (Phi) is 20.0. The Hall–Kier alpha value is -7.92. The molecule has 1 N–H and O–H groups in total. The number of rotatable bonds is 18. The van der Waals surface area contributed by atoms with Gasteiger partial charge in [0.25, 0.3) is 0 Å². The lowest BCUT2D eigenvalue weighted by atomic mass is 9.11. The van der Waals surface area contributed by atoms with Gasteiger partial charge in [0.15, 0.2) is 105 Å². The van der Waals surface area contributed by atoms with Gasteiger partial charge in [0.1, 0.15) is 35.2 Å². The van der Waals surface area contributed by atoms with Gasteiger partial charge < -0.3 is 0 Å². The molecule has 0 aromatic heterocycles. The van der Waals surface area contributed by atoms with Gasteiger partial charge in [-0.3, -0.25) is 0 Å². The predicted octanol–water partition coefficient (Wildman–Crippen LogP) is 17.4. The lowest BCUT2D eigenvalue weighted by Crippen LogP contribution is -3.16. The molecule has 1 nitrogen and oxygen atoms in total. The molecule has 0 saturated heterocycles. The van der Waals surface area contributed by atoms with Crippen LogP contribution in [0.1, 0.15) is 71.1 Å². The first-order chi connectivity index (χ1) is 42.6. The maximum absolute atomic E-state index is 17.3. The molecule has 0 spiro atoms. The summed E-state index contributed by atoms with van der Waals surface area (Å²) >= 11 is 0. The lowest BCUT2D eigenvalue weighted by Gasteiger charge is -2.47. The second kappa shape index (κ2) is 26.4. The Labute approximate surface area is 494 Å². The quantitative estimate of drug-likeness (QED) is 0.0287. The molecule has 2 unspecified atom stereocenters. The van der Waals surface area contributed by atoms with Crippen molar-refractivity contribution in [2.75, 3.05) is 6.54 Å². The molecule has 9 aromatic carbocycles. The van der Waals surface area contributed by atoms with Crippen LogP contribution >= 0.6 is 0 Å². The topological polar surface area (TPSA) is 4.44 Å². The monoisotopic (exact) mass is 1330 g/mol. The summed E-state index contributed by atoms with van der Waals surface area (Å²) in [6.07, 6.45) is -12.0. The summed E-state index contributed by atoms with van der Waals surface area (Å²) in [5.74, 6) is -56.8. The number of alkyl halides is 6. The molecule has 0 heterocycles. The zero-order valence-corrected chi connectivity index (χ0v) is 45.9. The summed E-state index contributed by atoms with van der Waals surface area (Å²) in [6.45, 7) is 1.66. The average Bonchev–Trinajstić information content (AvgIpc) is 0.671. The number of benzene rings is 9. The fraction of sp³-hybridized carbons (Fsp3) is 0.246. The molecule has 2 atom stereocenters. The Bertz CT molecular complexity index is 3900. The molecule has 0 radical (unpaired) electrons. The van der Waals surface area contributed by atoms with Crippen LogP contribution < -0.4 is 26.8 Å². The maximum Gasteiger partial charge on any atom is 0.425 e. The molecule has 0 aliphatic carbocycles. The molecule has 486 valence electrons. The van der Waals surface area contributed by atoms with Crippen molar-refractivity contribution in [2.45, 2.75) is 89.5 Å². The van der Waals surface area contributed by atoms with Gasteiger partial charge >= 0.3 is 12.2 Å². The highest BCUT2D eigenvalue weighted by molar-refractivity contribution is 7.23. The Morgan fingerprint density at radius 3 is 1.00 bits per heavy atom. The number of nitrogens with one attached hydrogen (secondary N) is 1. The first kappa shape index (κ1) is 69.0. The van der Waals surface area contributed by atoms with Gasteiger partial charge in [-0.25, -0.2) is 106 Å². The molecule has 0 aliphatic heterocycles. The van der Waals surface area contributed by atoms with Gasteiger partial charge in [0.05, 0.1) is 28.1 Å². The van der Waals surface area contributed by atoms with Crippen LogP contribution in [0.15, 0.2) is 66.7 Å². The van der Waals surface area contributed by atoms with E-state index in [0.29, 0.717) is 18.9 Å². The van der Waals surface area contributed by atoms with E-state index in [-0.39, 0.29) is 80.8 Å². The van der Waals surface area contributed by atoms with Crippen LogP contribution in [-0.2, 0) is 0 Å². The summed E-state index contributed by atoms with van der Waals surface area (Å²) in [4.78, 5) is -0.764. The van der Waals surface area contributed by atoms with E-state index in [1.165, 1.54) is 0 Å². The van der Waals surface area contributed by atoms with Crippen LogP contribution in [-0.4, -0.2) is 31.1 Å². The molecule has 0 amide bonds. The number of unbranched alkanes of at least 4 members (excludes halogenated alkanes) is 6. The molecule has 0 bridgehead atoms. The van der Waals surface area contributed by atoms with Crippen LogP contribution in [0.5, 0.6) is 0 Å². The summed E-state index contributed by atoms with van der Waals surface area (Å²) in [5, 5.41) is -16.2. The fourth-order valence-corrected chi connectivity index (χ4v) is 11.6. The molecule has 9 rings (SSSR count). The highest BCUT2D eigenvalue weighted by atomic mass is 19.4. The molecule has 91 heavy (non-hydrogen) atoms. The van der Waals surface area contributed by atoms with Crippen LogP contribution in [0.4, 0.5) is 129 Å². The van der Waals surface area contributed by atoms with E-state index >= 15 is 70.2 Å². The number of hydrogen-bond donors (Lipinski definition) is 1. The van der Waals surface area contributed by atoms with Crippen LogP contribution in [0, 0.1) is 128 Å². The number of fused-ring (bicyclic) bond motifs is 4. The van der Waals surface area contributed by atoms with Crippen LogP contribution in [0.3, 0.4) is 0 Å². The van der Waals surface area contributed by atoms with E-state index in [9.17, 15) is 52.7 Å². The lowest BCUT2D eigenvalue weighted by molar-refractivity contribution is -0.937. The minimum atomic E-state index is -6.29. The third-order valence-corrected chi connectivity index (χ3v) is 15.6. The Balaban J connectivity index is 0.000000300. The van der Waals surface area contributed by atoms with E-state index in [4.69, 9.17) is 0 Å². The molecule has 30 heteroatoms. The van der Waals surface area contributed by atoms with Gasteiger partial charge in [-0.05, 0) is 83.6 Å². The number of hydrogen-bond acceptors (Lipinski definition) is 0. The van der Waals surface area contributed by atoms with Gasteiger partial charge in [-0.1, -0.05) is 63.3 Å². The van der Waals surface area contributed by atoms with Gasteiger partial charge in [0, 0.05) is 12.5 Å². The normalized spacial score (nSPS) is 13.1. The minimum Gasteiger partial charge on any atom is -0.237 e. The average molecular weight is 1330 g/mol. The van der Waals surface area contributed by atoms with E-state index in [1.54, 1.807) is 0 Å². The third-order valence-electron chi connectivity index (χ3n) is 15.6. The molecular weight excluding hydrogens is 1290 g/mol. The SMILES string of the molecule is CCCCCC[NH+](c1cc(F)ccc1F)C(F)(F)C(F)CCCCCCC(F)(F)F.Fc1ccc2c([B-](c3c(F)c(F)c(F)c4c(F)c(F)ccc34)(c3c(F)c(F)c(F)c4c(F)c(F)ccc34)c3c(F)c(F)c(F)c4c(F)c(F)ccc34)c(F)c(F)c(F)c2c1F. The Morgan fingerprint density at radius 2 is 0.670 bits per heavy atom. The first-order valence-electron chi connectivity index (χ1n) is 27.0. The zero-order chi connectivity index (χ0) is 67.4. The van der Waals surface area contributed by atoms with Gasteiger partial charge in [0.2, 0.25) is 6.17 Å². The van der Waals surface area contributed by atoms with Crippen molar-refractivity contribution in [3.8, 4) is 0 Å². The zero-order valence-electron chi connectivity index (χ0n) is 45.9. The number of quaternary nitrogens is 1. The largest absolute Gasteiger partial charge is 0.425 e. The summed E-state index contributed by atoms with van der Waals surface area (Å²) in [7, 11) is 0. The summed E-state index contributed by atoms with van der Waals surface area (Å²) in [6, 6.07) is -2.28. The van der Waals surface area contributed by atoms with Crippen molar-refractivity contribution in [3.05, 3.63) is 195 Å².